The number of hydrogen-bond acceptors (Lipinski definition) is 4. The van der Waals surface area contributed by atoms with Gasteiger partial charge in [0.15, 0.2) is 0 Å². The highest BCUT2D eigenvalue weighted by Gasteiger charge is 2.26. The van der Waals surface area contributed by atoms with E-state index < -0.39 is 6.10 Å². The van der Waals surface area contributed by atoms with Crippen LogP contribution in [0.1, 0.15) is 32.4 Å². The number of anilines is 1. The zero-order chi connectivity index (χ0) is 14.8. The van der Waals surface area contributed by atoms with Crippen molar-refractivity contribution in [2.24, 2.45) is 0 Å². The highest BCUT2D eigenvalue weighted by molar-refractivity contribution is 5.41. The Kier molecular flexibility index (Phi) is 4.68. The molecule has 1 unspecified atom stereocenters. The fraction of sp³-hybridized carbons (Fsp3) is 0.625. The van der Waals surface area contributed by atoms with Gasteiger partial charge in [0, 0.05) is 44.0 Å². The van der Waals surface area contributed by atoms with E-state index in [4.69, 9.17) is 5.73 Å². The summed E-state index contributed by atoms with van der Waals surface area (Å²) in [7, 11) is 0. The second-order valence-electron chi connectivity index (χ2n) is 6.64. The van der Waals surface area contributed by atoms with Crippen molar-refractivity contribution in [1.29, 1.82) is 0 Å². The van der Waals surface area contributed by atoms with Crippen LogP contribution in [0, 0.1) is 0 Å². The molecular formula is C16H27N3O. The molecular weight excluding hydrogens is 250 g/mol. The molecule has 0 spiro atoms. The molecule has 1 saturated heterocycles. The van der Waals surface area contributed by atoms with E-state index >= 15 is 0 Å². The lowest BCUT2D eigenvalue weighted by Crippen LogP contribution is -2.53. The predicted molar refractivity (Wildman–Crippen MR) is 83.6 cm³/mol. The van der Waals surface area contributed by atoms with Crippen LogP contribution in [0.15, 0.2) is 24.3 Å². The van der Waals surface area contributed by atoms with Gasteiger partial charge in [-0.05, 0) is 38.5 Å². The van der Waals surface area contributed by atoms with Gasteiger partial charge in [0.2, 0.25) is 0 Å². The van der Waals surface area contributed by atoms with Gasteiger partial charge in [0.1, 0.15) is 0 Å². The lowest BCUT2D eigenvalue weighted by atomic mass is 10.0. The predicted octanol–water partition coefficient (Wildman–Crippen LogP) is 1.72. The number of β-amino-alcohol motifs (C(OH)–C–C–N with tert-alkyl or cyclic N) is 1. The standard InChI is InChI=1S/C16H27N3O/c1-16(2,3)19-9-7-18(8-10-19)12-15(20)13-5-4-6-14(17)11-13/h4-6,11,15,20H,7-10,12,17H2,1-3H3. The van der Waals surface area contributed by atoms with Crippen molar-refractivity contribution < 1.29 is 5.11 Å². The molecule has 4 heteroatoms. The van der Waals surface area contributed by atoms with Crippen molar-refractivity contribution in [3.8, 4) is 0 Å². The normalized spacial score (nSPS) is 20.0. The van der Waals surface area contributed by atoms with Crippen molar-refractivity contribution in [3.63, 3.8) is 0 Å². The minimum absolute atomic E-state index is 0.235. The zero-order valence-electron chi connectivity index (χ0n) is 12.8. The largest absolute Gasteiger partial charge is 0.399 e. The monoisotopic (exact) mass is 277 g/mol. The minimum atomic E-state index is -0.459. The molecule has 20 heavy (non-hydrogen) atoms. The summed E-state index contributed by atoms with van der Waals surface area (Å²) in [4.78, 5) is 4.83. The Bertz CT molecular complexity index is 434. The lowest BCUT2D eigenvalue weighted by molar-refractivity contribution is 0.0363. The molecule has 1 aromatic rings. The summed E-state index contributed by atoms with van der Waals surface area (Å²) in [6.45, 7) is 11.6. The van der Waals surface area contributed by atoms with Crippen molar-refractivity contribution in [3.05, 3.63) is 29.8 Å². The Morgan fingerprint density at radius 2 is 1.85 bits per heavy atom. The van der Waals surface area contributed by atoms with Gasteiger partial charge in [0.05, 0.1) is 6.10 Å². The fourth-order valence-electron chi connectivity index (χ4n) is 2.72. The van der Waals surface area contributed by atoms with Gasteiger partial charge in [-0.1, -0.05) is 12.1 Å². The second-order valence-corrected chi connectivity index (χ2v) is 6.64. The van der Waals surface area contributed by atoms with Crippen LogP contribution in [-0.2, 0) is 0 Å². The molecule has 4 nitrogen and oxygen atoms in total. The average molecular weight is 277 g/mol. The molecule has 2 rings (SSSR count). The molecule has 1 aliphatic rings. The molecule has 0 amide bonds. The van der Waals surface area contributed by atoms with Crippen LogP contribution >= 0.6 is 0 Å². The topological polar surface area (TPSA) is 52.7 Å². The smallest absolute Gasteiger partial charge is 0.0917 e. The maximum atomic E-state index is 10.3. The molecule has 1 aliphatic heterocycles. The fourth-order valence-corrected chi connectivity index (χ4v) is 2.72. The van der Waals surface area contributed by atoms with Gasteiger partial charge in [-0.15, -0.1) is 0 Å². The van der Waals surface area contributed by atoms with E-state index in [1.54, 1.807) is 0 Å². The molecule has 0 bridgehead atoms. The maximum Gasteiger partial charge on any atom is 0.0917 e. The van der Waals surface area contributed by atoms with Gasteiger partial charge in [-0.25, -0.2) is 0 Å². The molecule has 0 saturated carbocycles. The van der Waals surface area contributed by atoms with Gasteiger partial charge in [-0.2, -0.15) is 0 Å². The third kappa shape index (κ3) is 3.95. The number of nitrogens with two attached hydrogens (primary N) is 1. The van der Waals surface area contributed by atoms with Crippen LogP contribution < -0.4 is 5.73 Å². The van der Waals surface area contributed by atoms with Gasteiger partial charge >= 0.3 is 0 Å². The number of hydrogen-bond donors (Lipinski definition) is 2. The van der Waals surface area contributed by atoms with Crippen molar-refractivity contribution in [2.45, 2.75) is 32.4 Å². The van der Waals surface area contributed by atoms with Crippen LogP contribution in [0.5, 0.6) is 0 Å². The summed E-state index contributed by atoms with van der Waals surface area (Å²) in [6.07, 6.45) is -0.459. The quantitative estimate of drug-likeness (QED) is 0.826. The van der Waals surface area contributed by atoms with Crippen LogP contribution in [0.4, 0.5) is 5.69 Å². The Morgan fingerprint density at radius 3 is 2.40 bits per heavy atom. The molecule has 0 aliphatic carbocycles. The van der Waals surface area contributed by atoms with E-state index in [9.17, 15) is 5.11 Å². The molecule has 0 radical (unpaired) electrons. The van der Waals surface area contributed by atoms with Gasteiger partial charge in [-0.3, -0.25) is 9.80 Å². The summed E-state index contributed by atoms with van der Waals surface area (Å²) in [5, 5.41) is 10.3. The lowest BCUT2D eigenvalue weighted by Gasteiger charge is -2.42. The Morgan fingerprint density at radius 1 is 1.20 bits per heavy atom. The number of aliphatic hydroxyl groups excluding tert-OH is 1. The maximum absolute atomic E-state index is 10.3. The molecule has 1 fully saturated rings. The first-order chi connectivity index (χ1) is 9.36. The first-order valence-corrected chi connectivity index (χ1v) is 7.37. The summed E-state index contributed by atoms with van der Waals surface area (Å²) in [6, 6.07) is 7.53. The zero-order valence-corrected chi connectivity index (χ0v) is 12.8. The van der Waals surface area contributed by atoms with Crippen molar-refractivity contribution >= 4 is 5.69 Å². The van der Waals surface area contributed by atoms with Crippen LogP contribution in [0.3, 0.4) is 0 Å². The number of nitrogens with zero attached hydrogens (tertiary/aromatic N) is 2. The summed E-state index contributed by atoms with van der Waals surface area (Å²) in [5.74, 6) is 0. The van der Waals surface area contributed by atoms with Crippen LogP contribution in [0.25, 0.3) is 0 Å². The van der Waals surface area contributed by atoms with E-state index in [1.807, 2.05) is 24.3 Å². The molecule has 0 aromatic heterocycles. The molecule has 1 heterocycles. The molecule has 3 N–H and O–H groups in total. The summed E-state index contributed by atoms with van der Waals surface area (Å²) >= 11 is 0. The second kappa shape index (κ2) is 6.12. The summed E-state index contributed by atoms with van der Waals surface area (Å²) in [5.41, 5.74) is 7.61. The minimum Gasteiger partial charge on any atom is -0.399 e. The first-order valence-electron chi connectivity index (χ1n) is 7.37. The molecule has 112 valence electrons. The van der Waals surface area contributed by atoms with Crippen molar-refractivity contribution in [1.82, 2.24) is 9.80 Å². The third-order valence-electron chi connectivity index (χ3n) is 4.05. The average Bonchev–Trinajstić information content (AvgIpc) is 2.38. The van der Waals surface area contributed by atoms with E-state index in [0.29, 0.717) is 12.2 Å². The highest BCUT2D eigenvalue weighted by atomic mass is 16.3. The van der Waals surface area contributed by atoms with Crippen molar-refractivity contribution in [2.75, 3.05) is 38.5 Å². The summed E-state index contributed by atoms with van der Waals surface area (Å²) < 4.78 is 0. The van der Waals surface area contributed by atoms with E-state index in [-0.39, 0.29) is 5.54 Å². The van der Waals surface area contributed by atoms with E-state index in [1.165, 1.54) is 0 Å². The SMILES string of the molecule is CC(C)(C)N1CCN(CC(O)c2cccc(N)c2)CC1. The highest BCUT2D eigenvalue weighted by Crippen LogP contribution is 2.20. The van der Waals surface area contributed by atoms with Gasteiger partial charge < -0.3 is 10.8 Å². The Hall–Kier alpha value is -1.10. The number of aliphatic hydroxyl groups is 1. The van der Waals surface area contributed by atoms with E-state index in [0.717, 1.165) is 31.7 Å². The van der Waals surface area contributed by atoms with Crippen LogP contribution in [0.2, 0.25) is 0 Å². The Labute approximate surface area is 122 Å². The number of piperazine rings is 1. The van der Waals surface area contributed by atoms with Crippen LogP contribution in [-0.4, -0.2) is 53.2 Å². The third-order valence-corrected chi connectivity index (χ3v) is 4.05. The number of nitrogen functional groups attached to an aromatic ring is 1. The molecule has 1 aromatic carbocycles. The number of benzene rings is 1. The number of rotatable bonds is 3. The van der Waals surface area contributed by atoms with Gasteiger partial charge in [0.25, 0.3) is 0 Å². The van der Waals surface area contributed by atoms with E-state index in [2.05, 4.69) is 30.6 Å². The Balaban J connectivity index is 1.86. The molecule has 1 atom stereocenters. The first kappa shape index (κ1) is 15.3.